The van der Waals surface area contributed by atoms with Crippen LogP contribution in [0.1, 0.15) is 29.8 Å². The molecule has 1 aromatic carbocycles. The first-order chi connectivity index (χ1) is 9.97. The van der Waals surface area contributed by atoms with Crippen LogP contribution < -0.4 is 4.74 Å². The highest BCUT2D eigenvalue weighted by Gasteiger charge is 2.33. The van der Waals surface area contributed by atoms with Crippen molar-refractivity contribution in [2.45, 2.75) is 32.1 Å². The minimum Gasteiger partial charge on any atom is -0.496 e. The second kappa shape index (κ2) is 6.56. The van der Waals surface area contributed by atoms with Gasteiger partial charge >= 0.3 is 0 Å². The average Bonchev–Trinajstić information content (AvgIpc) is 2.45. The molecule has 116 valence electrons. The molecule has 5 nitrogen and oxygen atoms in total. The zero-order valence-electron chi connectivity index (χ0n) is 12.8. The Bertz CT molecular complexity index is 501. The SMILES string of the molecule is COc1ccc(C=O)cc1CN1CC(CO)OC(C)(C)C1. The minimum absolute atomic E-state index is 0.00540. The fraction of sp³-hybridized carbons (Fsp3) is 0.562. The van der Waals surface area contributed by atoms with Gasteiger partial charge in [0.15, 0.2) is 0 Å². The first kappa shape index (κ1) is 15.9. The number of aldehydes is 1. The number of aliphatic hydroxyl groups is 1. The number of ether oxygens (including phenoxy) is 2. The van der Waals surface area contributed by atoms with Gasteiger partial charge in [-0.3, -0.25) is 9.69 Å². The van der Waals surface area contributed by atoms with Crippen LogP contribution in [-0.4, -0.2) is 54.8 Å². The molecule has 0 saturated carbocycles. The monoisotopic (exact) mass is 293 g/mol. The standard InChI is InChI=1S/C16H23NO4/c1-16(2)11-17(8-14(10-19)21-16)7-13-6-12(9-18)4-5-15(13)20-3/h4-6,9,14,19H,7-8,10-11H2,1-3H3. The van der Waals surface area contributed by atoms with E-state index in [4.69, 9.17) is 9.47 Å². The van der Waals surface area contributed by atoms with Crippen LogP contribution in [0.2, 0.25) is 0 Å². The van der Waals surface area contributed by atoms with E-state index in [0.29, 0.717) is 18.7 Å². The molecule has 0 radical (unpaired) electrons. The molecule has 2 rings (SSSR count). The van der Waals surface area contributed by atoms with Crippen molar-refractivity contribution in [2.24, 2.45) is 0 Å². The van der Waals surface area contributed by atoms with Crippen LogP contribution in [0.4, 0.5) is 0 Å². The number of morpholine rings is 1. The second-order valence-electron chi connectivity index (χ2n) is 6.04. The molecule has 1 atom stereocenters. The van der Waals surface area contributed by atoms with Crippen molar-refractivity contribution in [3.05, 3.63) is 29.3 Å². The number of hydrogen-bond donors (Lipinski definition) is 1. The van der Waals surface area contributed by atoms with E-state index in [-0.39, 0.29) is 18.3 Å². The summed E-state index contributed by atoms with van der Waals surface area (Å²) in [6.07, 6.45) is 0.650. The van der Waals surface area contributed by atoms with Gasteiger partial charge in [-0.25, -0.2) is 0 Å². The molecule has 21 heavy (non-hydrogen) atoms. The maximum Gasteiger partial charge on any atom is 0.150 e. The van der Waals surface area contributed by atoms with Crippen molar-refractivity contribution < 1.29 is 19.4 Å². The normalized spacial score (nSPS) is 22.0. The lowest BCUT2D eigenvalue weighted by molar-refractivity contribution is -0.150. The number of benzene rings is 1. The maximum atomic E-state index is 10.9. The van der Waals surface area contributed by atoms with E-state index >= 15 is 0 Å². The zero-order chi connectivity index (χ0) is 15.5. The molecule has 1 N–H and O–H groups in total. The van der Waals surface area contributed by atoms with Gasteiger partial charge in [0, 0.05) is 30.8 Å². The van der Waals surface area contributed by atoms with Crippen molar-refractivity contribution in [2.75, 3.05) is 26.8 Å². The van der Waals surface area contributed by atoms with E-state index in [1.54, 1.807) is 13.2 Å². The Balaban J connectivity index is 2.18. The summed E-state index contributed by atoms with van der Waals surface area (Å²) in [6.45, 7) is 6.12. The van der Waals surface area contributed by atoms with Crippen LogP contribution in [0.15, 0.2) is 18.2 Å². The molecule has 5 heteroatoms. The van der Waals surface area contributed by atoms with Gasteiger partial charge in [0.05, 0.1) is 25.4 Å². The van der Waals surface area contributed by atoms with Gasteiger partial charge in [-0.15, -0.1) is 0 Å². The van der Waals surface area contributed by atoms with Crippen LogP contribution >= 0.6 is 0 Å². The maximum absolute atomic E-state index is 10.9. The Hall–Kier alpha value is -1.43. The third-order valence-corrected chi connectivity index (χ3v) is 3.59. The highest BCUT2D eigenvalue weighted by atomic mass is 16.5. The number of nitrogens with zero attached hydrogens (tertiary/aromatic N) is 1. The molecule has 1 aromatic rings. The molecular formula is C16H23NO4. The number of methoxy groups -OCH3 is 1. The van der Waals surface area contributed by atoms with Gasteiger partial charge in [0.2, 0.25) is 0 Å². The summed E-state index contributed by atoms with van der Waals surface area (Å²) in [7, 11) is 1.62. The lowest BCUT2D eigenvalue weighted by Gasteiger charge is -2.42. The predicted octanol–water partition coefficient (Wildman–Crippen LogP) is 1.48. The van der Waals surface area contributed by atoms with Crippen molar-refractivity contribution in [1.29, 1.82) is 0 Å². The quantitative estimate of drug-likeness (QED) is 0.833. The van der Waals surface area contributed by atoms with Gasteiger partial charge in [0.1, 0.15) is 12.0 Å². The van der Waals surface area contributed by atoms with E-state index < -0.39 is 0 Å². The van der Waals surface area contributed by atoms with Crippen LogP contribution in [-0.2, 0) is 11.3 Å². The molecule has 1 aliphatic rings. The molecule has 1 unspecified atom stereocenters. The Labute approximate surface area is 125 Å². The Kier molecular flexibility index (Phi) is 4.98. The molecule has 0 amide bonds. The molecule has 0 spiro atoms. The first-order valence-corrected chi connectivity index (χ1v) is 7.10. The Morgan fingerprint density at radius 1 is 1.52 bits per heavy atom. The van der Waals surface area contributed by atoms with Crippen LogP contribution in [0.5, 0.6) is 5.75 Å². The van der Waals surface area contributed by atoms with Crippen LogP contribution in [0, 0.1) is 0 Å². The molecular weight excluding hydrogens is 270 g/mol. The number of carbonyl (C=O) groups excluding carboxylic acids is 1. The zero-order valence-corrected chi connectivity index (χ0v) is 12.8. The molecule has 0 aliphatic carbocycles. The summed E-state index contributed by atoms with van der Waals surface area (Å²) in [5.41, 5.74) is 1.30. The smallest absolute Gasteiger partial charge is 0.150 e. The number of rotatable bonds is 5. The van der Waals surface area contributed by atoms with E-state index in [2.05, 4.69) is 4.90 Å². The third-order valence-electron chi connectivity index (χ3n) is 3.59. The lowest BCUT2D eigenvalue weighted by atomic mass is 10.0. The summed E-state index contributed by atoms with van der Waals surface area (Å²) >= 11 is 0. The molecule has 0 bridgehead atoms. The van der Waals surface area contributed by atoms with Gasteiger partial charge in [-0.05, 0) is 32.0 Å². The van der Waals surface area contributed by atoms with Crippen LogP contribution in [0.25, 0.3) is 0 Å². The Morgan fingerprint density at radius 3 is 2.90 bits per heavy atom. The van der Waals surface area contributed by atoms with Crippen molar-refractivity contribution in [3.63, 3.8) is 0 Å². The average molecular weight is 293 g/mol. The van der Waals surface area contributed by atoms with Crippen molar-refractivity contribution in [1.82, 2.24) is 4.90 Å². The summed E-state index contributed by atoms with van der Waals surface area (Å²) in [5, 5.41) is 9.37. The number of hydrogen-bond acceptors (Lipinski definition) is 5. The Morgan fingerprint density at radius 2 is 2.29 bits per heavy atom. The largest absolute Gasteiger partial charge is 0.496 e. The summed E-state index contributed by atoms with van der Waals surface area (Å²) in [4.78, 5) is 13.2. The number of aliphatic hydroxyl groups excluding tert-OH is 1. The highest BCUT2D eigenvalue weighted by Crippen LogP contribution is 2.26. The molecule has 1 fully saturated rings. The second-order valence-corrected chi connectivity index (χ2v) is 6.04. The third kappa shape index (κ3) is 4.03. The van der Waals surface area contributed by atoms with Gasteiger partial charge in [-0.2, -0.15) is 0 Å². The van der Waals surface area contributed by atoms with E-state index in [0.717, 1.165) is 24.1 Å². The first-order valence-electron chi connectivity index (χ1n) is 7.10. The van der Waals surface area contributed by atoms with Gasteiger partial charge in [-0.1, -0.05) is 0 Å². The van der Waals surface area contributed by atoms with E-state index in [1.165, 1.54) is 0 Å². The van der Waals surface area contributed by atoms with E-state index in [9.17, 15) is 9.90 Å². The van der Waals surface area contributed by atoms with Crippen molar-refractivity contribution in [3.8, 4) is 5.75 Å². The van der Waals surface area contributed by atoms with Crippen LogP contribution in [0.3, 0.4) is 0 Å². The molecule has 0 aromatic heterocycles. The van der Waals surface area contributed by atoms with Crippen molar-refractivity contribution >= 4 is 6.29 Å². The fourth-order valence-electron chi connectivity index (χ4n) is 2.87. The molecule has 1 saturated heterocycles. The lowest BCUT2D eigenvalue weighted by Crippen LogP contribution is -2.53. The fourth-order valence-corrected chi connectivity index (χ4v) is 2.87. The highest BCUT2D eigenvalue weighted by molar-refractivity contribution is 5.75. The molecule has 1 aliphatic heterocycles. The predicted molar refractivity (Wildman–Crippen MR) is 79.7 cm³/mol. The summed E-state index contributed by atoms with van der Waals surface area (Å²) in [5.74, 6) is 0.769. The topological polar surface area (TPSA) is 59.0 Å². The number of carbonyl (C=O) groups is 1. The van der Waals surface area contributed by atoms with Gasteiger partial charge < -0.3 is 14.6 Å². The summed E-state index contributed by atoms with van der Waals surface area (Å²) in [6, 6.07) is 5.41. The van der Waals surface area contributed by atoms with E-state index in [1.807, 2.05) is 26.0 Å². The summed E-state index contributed by atoms with van der Waals surface area (Å²) < 4.78 is 11.2. The molecule has 1 heterocycles. The minimum atomic E-state index is -0.304. The van der Waals surface area contributed by atoms with Gasteiger partial charge in [0.25, 0.3) is 0 Å².